The van der Waals surface area contributed by atoms with E-state index < -0.39 is 36.6 Å². The third-order valence-corrected chi connectivity index (χ3v) is 16.1. The first-order valence-electron chi connectivity index (χ1n) is 29.0. The number of aliphatic hydroxyl groups is 3. The highest BCUT2D eigenvalue weighted by molar-refractivity contribution is 6.22. The van der Waals surface area contributed by atoms with Crippen LogP contribution in [0.4, 0.5) is 28.7 Å². The summed E-state index contributed by atoms with van der Waals surface area (Å²) in [5.74, 6) is 4.80. The third-order valence-electron chi connectivity index (χ3n) is 16.1. The number of nitrogens with zero attached hydrogens (tertiary/aromatic N) is 6. The number of hydrogen-bond donors (Lipinski definition) is 8. The maximum atomic E-state index is 11.7. The van der Waals surface area contributed by atoms with E-state index in [1.807, 2.05) is 82.3 Å². The standard InChI is InChI=1S/C25H27N3O8.C21H23N3O2.C20H18N4O2/c1-11-5-4-6-13(7-11)26-23-15-8-12-9-16(34-2)17(35-3)10-14(12)18(15)28(27-23)24-21(31)19(29)20(30)22(36-24)25(32)33;1-4-25-18-11-14-10-17-20(16(14)12-19(18)26-5-2)23-24-21(17)22-15-8-6-7-13(3)9-15;1-10-5-4-6-12(7-10)22-20-15-8-13-14(17(15)23-24-20)9-16(25-3)19-18(13)21-11(2)26-19/h4-7,9-10,19-22,24,29-31H,8H2,1-3H3,(H,26,27)(H,32,33);6-9,11-12H,4-5,10H2,1-3H3,(H2,22,23,24);4-7,9,15H,8H2,1-3H3,(H,22,24)/t19-,20-,21+,22-,24+;;/m0../s1. The maximum absolute atomic E-state index is 11.7. The van der Waals surface area contributed by atoms with Crippen LogP contribution in [-0.4, -0.2) is 122 Å². The smallest absolute Gasteiger partial charge is 0.335 e. The van der Waals surface area contributed by atoms with E-state index in [9.17, 15) is 25.2 Å². The van der Waals surface area contributed by atoms with Gasteiger partial charge < -0.3 is 63.9 Å². The number of aromatic nitrogens is 5. The minimum absolute atomic E-state index is 0.109. The second kappa shape index (κ2) is 24.2. The van der Waals surface area contributed by atoms with Gasteiger partial charge in [-0.25, -0.2) is 19.5 Å². The number of hydrazone groups is 1. The zero-order chi connectivity index (χ0) is 61.7. The van der Waals surface area contributed by atoms with Gasteiger partial charge in [-0.05, 0) is 141 Å². The number of aliphatic carboxylic acids is 1. The number of hydrogen-bond acceptors (Lipinski definition) is 18. The molecule has 2 aliphatic heterocycles. The van der Waals surface area contributed by atoms with Crippen molar-refractivity contribution in [2.75, 3.05) is 45.2 Å². The summed E-state index contributed by atoms with van der Waals surface area (Å²) in [7, 11) is 4.71. The van der Waals surface area contributed by atoms with Crippen molar-refractivity contribution >= 4 is 57.3 Å². The van der Waals surface area contributed by atoms with Gasteiger partial charge in [0.05, 0.1) is 63.2 Å². The topological polar surface area (TPSA) is 287 Å². The summed E-state index contributed by atoms with van der Waals surface area (Å²) >= 11 is 0. The molecule has 0 amide bonds. The average Bonchev–Trinajstić information content (AvgIpc) is 1.71. The summed E-state index contributed by atoms with van der Waals surface area (Å²) in [6.07, 6.45) is -6.26. The number of aromatic amines is 1. The first-order valence-corrected chi connectivity index (χ1v) is 29.0. The van der Waals surface area contributed by atoms with Gasteiger partial charge in [0.2, 0.25) is 0 Å². The first kappa shape index (κ1) is 58.6. The van der Waals surface area contributed by atoms with Crippen LogP contribution in [0.15, 0.2) is 118 Å². The van der Waals surface area contributed by atoms with E-state index in [1.165, 1.54) is 34.0 Å². The first-order chi connectivity index (χ1) is 42.6. The maximum Gasteiger partial charge on any atom is 0.335 e. The van der Waals surface area contributed by atoms with Crippen LogP contribution in [0.25, 0.3) is 33.6 Å². The Kier molecular flexibility index (Phi) is 16.1. The van der Waals surface area contributed by atoms with Crippen molar-refractivity contribution in [2.45, 2.75) is 91.4 Å². The zero-order valence-electron chi connectivity index (χ0n) is 50.1. The SMILES string of the molecule is CCOc1cc2c(cc1OCC)-c1[nH]nc(Nc3cccc(C)c3)c1C2.COc1cc2c(c3nc(C)oc13)CC1C(=Nc3cccc(C)c3)NN=C21.COc1cc2c(cc1OC)-c1c(c(Nc3cccc(C)c3)nn1[C@@H]1O[C@H](C(=O)O)[C@@H](O)[C@H](O)[C@H]1O)C2. The van der Waals surface area contributed by atoms with Crippen LogP contribution >= 0.6 is 0 Å². The van der Waals surface area contributed by atoms with Gasteiger partial charge in [0.1, 0.15) is 29.7 Å². The van der Waals surface area contributed by atoms with Crippen molar-refractivity contribution in [1.82, 2.24) is 30.4 Å². The molecule has 8 N–H and O–H groups in total. The van der Waals surface area contributed by atoms with Crippen LogP contribution in [-0.2, 0) is 28.8 Å². The van der Waals surface area contributed by atoms with Gasteiger partial charge in [0.15, 0.2) is 64.2 Å². The summed E-state index contributed by atoms with van der Waals surface area (Å²) in [6.45, 7) is 13.2. The Morgan fingerprint density at radius 1 is 0.693 bits per heavy atom. The van der Waals surface area contributed by atoms with Crippen LogP contribution < -0.4 is 39.7 Å². The van der Waals surface area contributed by atoms with Gasteiger partial charge in [-0.2, -0.15) is 15.3 Å². The largest absolute Gasteiger partial charge is 0.493 e. The van der Waals surface area contributed by atoms with Gasteiger partial charge in [-0.1, -0.05) is 36.4 Å². The molecule has 88 heavy (non-hydrogen) atoms. The number of nitrogens with one attached hydrogen (secondary N) is 4. The molecule has 0 spiro atoms. The number of fused-ring (bicyclic) bond motifs is 11. The van der Waals surface area contributed by atoms with Crippen molar-refractivity contribution in [2.24, 2.45) is 16.0 Å². The van der Waals surface area contributed by atoms with Crippen molar-refractivity contribution in [1.29, 1.82) is 0 Å². The van der Waals surface area contributed by atoms with E-state index in [0.717, 1.165) is 109 Å². The van der Waals surface area contributed by atoms with Crippen molar-refractivity contribution in [3.8, 4) is 51.3 Å². The highest BCUT2D eigenvalue weighted by atomic mass is 16.6. The van der Waals surface area contributed by atoms with Gasteiger partial charge in [0, 0.05) is 59.0 Å². The summed E-state index contributed by atoms with van der Waals surface area (Å²) in [4.78, 5) is 21.1. The molecular formula is C66H68N10O12. The summed E-state index contributed by atoms with van der Waals surface area (Å²) < 4.78 is 40.7. The van der Waals surface area contributed by atoms with Crippen molar-refractivity contribution in [3.63, 3.8) is 0 Å². The minimum atomic E-state index is -1.81. The van der Waals surface area contributed by atoms with E-state index >= 15 is 0 Å². The molecule has 14 rings (SSSR count). The molecule has 3 aliphatic carbocycles. The lowest BCUT2D eigenvalue weighted by molar-refractivity contribution is -0.248. The lowest BCUT2D eigenvalue weighted by Crippen LogP contribution is -2.58. The number of amidine groups is 1. The van der Waals surface area contributed by atoms with Gasteiger partial charge in [-0.15, -0.1) is 0 Å². The molecule has 1 saturated heterocycles. The molecule has 5 heterocycles. The molecular weight excluding hydrogens is 1120 g/mol. The number of aliphatic imine (C=N–C) groups is 1. The fourth-order valence-electron chi connectivity index (χ4n) is 12.0. The monoisotopic (exact) mass is 1190 g/mol. The number of aryl methyl sites for hydroxylation is 4. The van der Waals surface area contributed by atoms with E-state index in [4.69, 9.17) is 37.8 Å². The normalized spacial score (nSPS) is 19.3. The molecule has 0 radical (unpaired) electrons. The lowest BCUT2D eigenvalue weighted by Gasteiger charge is -2.39. The second-order valence-electron chi connectivity index (χ2n) is 22.0. The molecule has 0 saturated carbocycles. The quantitative estimate of drug-likeness (QED) is 0.0502. The predicted molar refractivity (Wildman–Crippen MR) is 332 cm³/mol. The van der Waals surface area contributed by atoms with Crippen LogP contribution in [0.3, 0.4) is 0 Å². The predicted octanol–water partition coefficient (Wildman–Crippen LogP) is 10.1. The van der Waals surface area contributed by atoms with E-state index in [0.29, 0.717) is 59.9 Å². The van der Waals surface area contributed by atoms with Crippen LogP contribution in [0.5, 0.6) is 28.7 Å². The third kappa shape index (κ3) is 11.0. The molecule has 1 fully saturated rings. The highest BCUT2D eigenvalue weighted by Gasteiger charge is 2.49. The van der Waals surface area contributed by atoms with Crippen LogP contribution in [0.1, 0.15) is 76.0 Å². The Morgan fingerprint density at radius 3 is 1.95 bits per heavy atom. The van der Waals surface area contributed by atoms with E-state index in [1.54, 1.807) is 20.3 Å². The number of carbonyl (C=O) groups is 1. The molecule has 9 aromatic rings. The number of ether oxygens (including phenoxy) is 6. The Hall–Kier alpha value is -9.74. The van der Waals surface area contributed by atoms with E-state index in [-0.39, 0.29) is 5.92 Å². The average molecular weight is 1190 g/mol. The number of benzene rings is 6. The van der Waals surface area contributed by atoms with Crippen LogP contribution in [0.2, 0.25) is 0 Å². The summed E-state index contributed by atoms with van der Waals surface area (Å²) in [6, 6.07) is 33.9. The number of rotatable bonds is 14. The molecule has 3 aromatic heterocycles. The van der Waals surface area contributed by atoms with Crippen LogP contribution in [0, 0.1) is 33.6 Å². The fourth-order valence-corrected chi connectivity index (χ4v) is 12.0. The number of anilines is 4. The summed E-state index contributed by atoms with van der Waals surface area (Å²) in [5, 5.41) is 64.5. The molecule has 5 aliphatic rings. The van der Waals surface area contributed by atoms with Crippen molar-refractivity contribution < 1.29 is 58.1 Å². The Labute approximate surface area is 506 Å². The van der Waals surface area contributed by atoms with Gasteiger partial charge in [0.25, 0.3) is 0 Å². The second-order valence-corrected chi connectivity index (χ2v) is 22.0. The van der Waals surface area contributed by atoms with Gasteiger partial charge in [-0.3, -0.25) is 10.5 Å². The fraction of sp³-hybridized carbons (Fsp3) is 0.303. The Bertz CT molecular complexity index is 4220. The Balaban J connectivity index is 0.000000131. The zero-order valence-corrected chi connectivity index (χ0v) is 50.1. The molecule has 1 unspecified atom stereocenters. The molecule has 0 bridgehead atoms. The number of oxazole rings is 1. The number of carboxylic acids is 1. The minimum Gasteiger partial charge on any atom is -0.493 e. The number of aliphatic hydroxyl groups excluding tert-OH is 3. The lowest BCUT2D eigenvalue weighted by atomic mass is 9.98. The van der Waals surface area contributed by atoms with E-state index in [2.05, 4.69) is 97.8 Å². The molecule has 6 aromatic carbocycles. The highest BCUT2D eigenvalue weighted by Crippen LogP contribution is 2.49. The molecule has 454 valence electrons. The molecule has 22 heteroatoms. The summed E-state index contributed by atoms with van der Waals surface area (Å²) in [5.41, 5.74) is 21.7. The molecule has 22 nitrogen and oxygen atoms in total. The number of H-pyrrole nitrogens is 1. The molecule has 6 atom stereocenters. The van der Waals surface area contributed by atoms with Gasteiger partial charge >= 0.3 is 5.97 Å². The van der Waals surface area contributed by atoms with Crippen molar-refractivity contribution in [3.05, 3.63) is 159 Å². The Morgan fingerprint density at radius 2 is 1.30 bits per heavy atom. The number of carboxylic acid groups (broad SMARTS) is 1. The number of methoxy groups -OCH3 is 3.